The third kappa shape index (κ3) is 4.32. The van der Waals surface area contributed by atoms with E-state index in [1.165, 1.54) is 16.4 Å². The highest BCUT2D eigenvalue weighted by Gasteiger charge is 2.24. The molecule has 0 fully saturated rings. The molecule has 0 radical (unpaired) electrons. The molecule has 6 heteroatoms. The van der Waals surface area contributed by atoms with E-state index in [0.29, 0.717) is 5.69 Å². The van der Waals surface area contributed by atoms with E-state index in [1.807, 2.05) is 13.0 Å². The molecule has 0 aromatic heterocycles. The van der Waals surface area contributed by atoms with E-state index in [4.69, 9.17) is 5.11 Å². The molecule has 0 amide bonds. The van der Waals surface area contributed by atoms with Crippen molar-refractivity contribution in [3.63, 3.8) is 0 Å². The van der Waals surface area contributed by atoms with Crippen LogP contribution in [0.3, 0.4) is 0 Å². The minimum absolute atomic E-state index is 0.0768. The first-order valence-corrected chi connectivity index (χ1v) is 8.71. The van der Waals surface area contributed by atoms with E-state index in [9.17, 15) is 13.2 Å². The summed E-state index contributed by atoms with van der Waals surface area (Å²) in [5.41, 5.74) is 1.48. The number of benzene rings is 2. The van der Waals surface area contributed by atoms with E-state index in [-0.39, 0.29) is 24.3 Å². The number of hydrogen-bond acceptors (Lipinski definition) is 3. The second-order valence-electron chi connectivity index (χ2n) is 5.23. The Balaban J connectivity index is 2.38. The fraction of sp³-hybridized carbons (Fsp3) is 0.235. The molecule has 0 saturated carbocycles. The molecule has 0 aliphatic rings. The lowest BCUT2D eigenvalue weighted by atomic mass is 10.2. The van der Waals surface area contributed by atoms with Crippen molar-refractivity contribution in [3.8, 4) is 0 Å². The normalized spacial score (nSPS) is 11.2. The van der Waals surface area contributed by atoms with Gasteiger partial charge in [0.05, 0.1) is 10.6 Å². The minimum atomic E-state index is -3.73. The molecule has 1 N–H and O–H groups in total. The van der Waals surface area contributed by atoms with Crippen LogP contribution < -0.4 is 4.31 Å². The molecule has 0 unspecified atom stereocenters. The van der Waals surface area contributed by atoms with Crippen LogP contribution in [-0.2, 0) is 14.8 Å². The van der Waals surface area contributed by atoms with Crippen LogP contribution in [0, 0.1) is 6.92 Å². The van der Waals surface area contributed by atoms with Gasteiger partial charge in [-0.25, -0.2) is 8.42 Å². The van der Waals surface area contributed by atoms with E-state index in [2.05, 4.69) is 0 Å². The highest BCUT2D eigenvalue weighted by molar-refractivity contribution is 7.92. The van der Waals surface area contributed by atoms with Crippen molar-refractivity contribution < 1.29 is 18.3 Å². The molecule has 2 aromatic carbocycles. The molecular weight excluding hydrogens is 314 g/mol. The van der Waals surface area contributed by atoms with Gasteiger partial charge in [0.2, 0.25) is 0 Å². The maximum absolute atomic E-state index is 12.9. The van der Waals surface area contributed by atoms with Crippen LogP contribution >= 0.6 is 0 Å². The summed E-state index contributed by atoms with van der Waals surface area (Å²) in [6, 6.07) is 15.3. The van der Waals surface area contributed by atoms with Crippen molar-refractivity contribution in [2.75, 3.05) is 10.8 Å². The molecule has 23 heavy (non-hydrogen) atoms. The number of carbonyl (C=O) groups is 1. The Kier molecular flexibility index (Phi) is 5.39. The monoisotopic (exact) mass is 333 g/mol. The molecule has 2 aromatic rings. The third-order valence-corrected chi connectivity index (χ3v) is 5.21. The first-order chi connectivity index (χ1) is 10.9. The van der Waals surface area contributed by atoms with E-state index < -0.39 is 16.0 Å². The highest BCUT2D eigenvalue weighted by Crippen LogP contribution is 2.25. The van der Waals surface area contributed by atoms with Gasteiger partial charge >= 0.3 is 5.97 Å². The lowest BCUT2D eigenvalue weighted by Gasteiger charge is -2.24. The number of nitrogens with zero attached hydrogens (tertiary/aromatic N) is 1. The standard InChI is InChI=1S/C17H19NO4S/c1-14-7-5-8-15(13-14)18(12-6-11-17(19)20)23(21,22)16-9-3-2-4-10-16/h2-5,7-10,13H,6,11-12H2,1H3,(H,19,20). The summed E-state index contributed by atoms with van der Waals surface area (Å²) in [4.78, 5) is 10.9. The smallest absolute Gasteiger partial charge is 0.303 e. The third-order valence-electron chi connectivity index (χ3n) is 3.37. The number of carboxylic acids is 1. The van der Waals surface area contributed by atoms with Crippen LogP contribution in [0.2, 0.25) is 0 Å². The van der Waals surface area contributed by atoms with Gasteiger partial charge in [0.25, 0.3) is 10.0 Å². The summed E-state index contributed by atoms with van der Waals surface area (Å²) in [7, 11) is -3.73. The lowest BCUT2D eigenvalue weighted by molar-refractivity contribution is -0.137. The predicted octanol–water partition coefficient (Wildman–Crippen LogP) is 3.06. The average Bonchev–Trinajstić information content (AvgIpc) is 2.52. The van der Waals surface area contributed by atoms with E-state index >= 15 is 0 Å². The maximum Gasteiger partial charge on any atom is 0.303 e. The van der Waals surface area contributed by atoms with Crippen molar-refractivity contribution in [2.24, 2.45) is 0 Å². The molecule has 0 atom stereocenters. The number of aliphatic carboxylic acids is 1. The van der Waals surface area contributed by atoms with Crippen molar-refractivity contribution in [1.29, 1.82) is 0 Å². The van der Waals surface area contributed by atoms with Gasteiger partial charge in [-0.3, -0.25) is 9.10 Å². The van der Waals surface area contributed by atoms with Crippen LogP contribution in [0.1, 0.15) is 18.4 Å². The summed E-state index contributed by atoms with van der Waals surface area (Å²) in [5.74, 6) is -0.939. The van der Waals surface area contributed by atoms with Gasteiger partial charge in [-0.1, -0.05) is 30.3 Å². The number of aryl methyl sites for hydroxylation is 1. The number of anilines is 1. The summed E-state index contributed by atoms with van der Waals surface area (Å²) in [6.07, 6.45) is 0.169. The number of carboxylic acid groups (broad SMARTS) is 1. The SMILES string of the molecule is Cc1cccc(N(CCCC(=O)O)S(=O)(=O)c2ccccc2)c1. The van der Waals surface area contributed by atoms with Gasteiger partial charge < -0.3 is 5.11 Å². The highest BCUT2D eigenvalue weighted by atomic mass is 32.2. The molecule has 122 valence electrons. The average molecular weight is 333 g/mol. The van der Waals surface area contributed by atoms with Crippen LogP contribution in [0.5, 0.6) is 0 Å². The number of hydrogen-bond donors (Lipinski definition) is 1. The zero-order valence-corrected chi connectivity index (χ0v) is 13.7. The van der Waals surface area contributed by atoms with Crippen LogP contribution in [0.25, 0.3) is 0 Å². The van der Waals surface area contributed by atoms with Crippen molar-refractivity contribution in [1.82, 2.24) is 0 Å². The molecule has 2 rings (SSSR count). The topological polar surface area (TPSA) is 74.7 Å². The Bertz CT molecular complexity index is 772. The van der Waals surface area contributed by atoms with Crippen LogP contribution in [0.4, 0.5) is 5.69 Å². The first kappa shape index (κ1) is 17.0. The number of rotatable bonds is 7. The quantitative estimate of drug-likeness (QED) is 0.845. The molecular formula is C17H19NO4S. The molecule has 0 saturated heterocycles. The Hall–Kier alpha value is -2.34. The fourth-order valence-electron chi connectivity index (χ4n) is 2.26. The molecule has 0 bridgehead atoms. The van der Waals surface area contributed by atoms with Crippen molar-refractivity contribution >= 4 is 21.7 Å². The van der Waals surface area contributed by atoms with Gasteiger partial charge in [0, 0.05) is 13.0 Å². The molecule has 0 aliphatic carbocycles. The Labute approximate surface area is 136 Å². The fourth-order valence-corrected chi connectivity index (χ4v) is 3.78. The van der Waals surface area contributed by atoms with Crippen LogP contribution in [0.15, 0.2) is 59.5 Å². The van der Waals surface area contributed by atoms with Gasteiger partial charge in [0.1, 0.15) is 0 Å². The Morgan fingerprint density at radius 1 is 1.09 bits per heavy atom. The second kappa shape index (κ2) is 7.28. The van der Waals surface area contributed by atoms with Gasteiger partial charge in [-0.15, -0.1) is 0 Å². The van der Waals surface area contributed by atoms with E-state index in [0.717, 1.165) is 5.56 Å². The summed E-state index contributed by atoms with van der Waals surface area (Å²) >= 11 is 0. The Morgan fingerprint density at radius 2 is 1.78 bits per heavy atom. The van der Waals surface area contributed by atoms with Gasteiger partial charge in [-0.05, 0) is 43.2 Å². The first-order valence-electron chi connectivity index (χ1n) is 7.27. The van der Waals surface area contributed by atoms with Crippen molar-refractivity contribution in [2.45, 2.75) is 24.7 Å². The summed E-state index contributed by atoms with van der Waals surface area (Å²) in [5, 5.41) is 8.79. The number of sulfonamides is 1. The lowest BCUT2D eigenvalue weighted by Crippen LogP contribution is -2.32. The van der Waals surface area contributed by atoms with E-state index in [1.54, 1.807) is 36.4 Å². The molecule has 5 nitrogen and oxygen atoms in total. The van der Waals surface area contributed by atoms with Gasteiger partial charge in [0.15, 0.2) is 0 Å². The molecule has 0 heterocycles. The van der Waals surface area contributed by atoms with Gasteiger partial charge in [-0.2, -0.15) is 0 Å². The largest absolute Gasteiger partial charge is 0.481 e. The second-order valence-corrected chi connectivity index (χ2v) is 7.09. The summed E-state index contributed by atoms with van der Waals surface area (Å²) in [6.45, 7) is 2.00. The van der Waals surface area contributed by atoms with Crippen molar-refractivity contribution in [3.05, 3.63) is 60.2 Å². The summed E-state index contributed by atoms with van der Waals surface area (Å²) < 4.78 is 27.1. The Morgan fingerprint density at radius 3 is 2.39 bits per heavy atom. The zero-order chi connectivity index (χ0) is 16.9. The minimum Gasteiger partial charge on any atom is -0.481 e. The molecule has 0 spiro atoms. The van der Waals surface area contributed by atoms with Crippen LogP contribution in [-0.4, -0.2) is 26.0 Å². The zero-order valence-electron chi connectivity index (χ0n) is 12.8. The molecule has 0 aliphatic heterocycles. The maximum atomic E-state index is 12.9. The predicted molar refractivity (Wildman–Crippen MR) is 89.0 cm³/mol.